The van der Waals surface area contributed by atoms with Gasteiger partial charge in [0, 0.05) is 64.1 Å². The van der Waals surface area contributed by atoms with Crippen LogP contribution in [0, 0.1) is 0 Å². The van der Waals surface area contributed by atoms with Crippen LogP contribution >= 0.6 is 11.3 Å². The van der Waals surface area contributed by atoms with Crippen LogP contribution < -0.4 is 0 Å². The molecule has 0 radical (unpaired) electrons. The molecular weight excluding hydrogens is 717 g/mol. The van der Waals surface area contributed by atoms with Crippen LogP contribution in [0.15, 0.2) is 186 Å². The molecule has 0 fully saturated rings. The molecular formula is C51H30N4OS. The van der Waals surface area contributed by atoms with Crippen LogP contribution in [0.5, 0.6) is 0 Å². The lowest BCUT2D eigenvalue weighted by Crippen LogP contribution is -2.00. The Kier molecular flexibility index (Phi) is 7.03. The molecule has 5 nitrogen and oxygen atoms in total. The van der Waals surface area contributed by atoms with Crippen molar-refractivity contribution in [2.75, 3.05) is 0 Å². The van der Waals surface area contributed by atoms with Gasteiger partial charge in [-0.1, -0.05) is 115 Å². The fourth-order valence-electron chi connectivity index (χ4n) is 8.41. The van der Waals surface area contributed by atoms with Crippen LogP contribution in [-0.4, -0.2) is 19.5 Å². The average molecular weight is 747 g/mol. The highest BCUT2D eigenvalue weighted by atomic mass is 32.1. The second kappa shape index (κ2) is 12.6. The van der Waals surface area contributed by atoms with E-state index in [1.807, 2.05) is 54.6 Å². The first kappa shape index (κ1) is 31.9. The molecule has 266 valence electrons. The zero-order valence-electron chi connectivity index (χ0n) is 30.4. The second-order valence-corrected chi connectivity index (χ2v) is 15.5. The van der Waals surface area contributed by atoms with E-state index in [2.05, 4.69) is 132 Å². The van der Waals surface area contributed by atoms with Gasteiger partial charge >= 0.3 is 0 Å². The van der Waals surface area contributed by atoms with Crippen molar-refractivity contribution in [2.45, 2.75) is 0 Å². The summed E-state index contributed by atoms with van der Waals surface area (Å²) in [5.74, 6) is 1.86. The Morgan fingerprint density at radius 3 is 1.89 bits per heavy atom. The van der Waals surface area contributed by atoms with Gasteiger partial charge in [-0.2, -0.15) is 0 Å². The number of aromatic nitrogens is 4. The number of benzene rings is 8. The van der Waals surface area contributed by atoms with E-state index >= 15 is 0 Å². The number of hydrogen-bond donors (Lipinski definition) is 0. The van der Waals surface area contributed by atoms with Crippen LogP contribution in [0.25, 0.3) is 115 Å². The molecule has 0 saturated heterocycles. The first-order chi connectivity index (χ1) is 28.2. The molecule has 0 aliphatic carbocycles. The van der Waals surface area contributed by atoms with Crippen molar-refractivity contribution in [3.8, 4) is 51.0 Å². The summed E-state index contributed by atoms with van der Waals surface area (Å²) in [5.41, 5.74) is 10.3. The highest BCUT2D eigenvalue weighted by molar-refractivity contribution is 7.26. The fraction of sp³-hybridized carbons (Fsp3) is 0. The SMILES string of the molecule is c1ccc(-c2nc(-c3ccc4c(c3)oc3ccccc34)nc(-c3cccc4sc5ccc(-c6ccc7c(c6)c6ccccc6n7-c6ccccc6)cc5c34)n2)cc1. The molecule has 0 bridgehead atoms. The number of rotatable bonds is 5. The summed E-state index contributed by atoms with van der Waals surface area (Å²) in [7, 11) is 0. The van der Waals surface area contributed by atoms with Crippen LogP contribution in [0.3, 0.4) is 0 Å². The van der Waals surface area contributed by atoms with E-state index < -0.39 is 0 Å². The predicted molar refractivity (Wildman–Crippen MR) is 236 cm³/mol. The molecule has 12 rings (SSSR count). The molecule has 8 aromatic carbocycles. The van der Waals surface area contributed by atoms with Gasteiger partial charge in [0.2, 0.25) is 0 Å². The lowest BCUT2D eigenvalue weighted by Gasteiger charge is -2.10. The molecule has 4 heterocycles. The molecule has 0 amide bonds. The Labute approximate surface area is 330 Å². The summed E-state index contributed by atoms with van der Waals surface area (Å²) in [5, 5.41) is 6.96. The number of nitrogens with zero attached hydrogens (tertiary/aromatic N) is 4. The summed E-state index contributed by atoms with van der Waals surface area (Å²) in [4.78, 5) is 15.4. The molecule has 0 atom stereocenters. The minimum Gasteiger partial charge on any atom is -0.456 e. The van der Waals surface area contributed by atoms with E-state index in [1.165, 1.54) is 42.2 Å². The molecule has 4 aromatic heterocycles. The summed E-state index contributed by atoms with van der Waals surface area (Å²) >= 11 is 1.80. The lowest BCUT2D eigenvalue weighted by atomic mass is 9.99. The third kappa shape index (κ3) is 5.12. The number of fused-ring (bicyclic) bond motifs is 9. The van der Waals surface area contributed by atoms with Crippen LogP contribution in [0.4, 0.5) is 0 Å². The number of para-hydroxylation sites is 3. The Morgan fingerprint density at radius 2 is 1.04 bits per heavy atom. The Bertz CT molecular complexity index is 3530. The maximum Gasteiger partial charge on any atom is 0.164 e. The molecule has 57 heavy (non-hydrogen) atoms. The molecule has 6 heteroatoms. The first-order valence-electron chi connectivity index (χ1n) is 19.0. The van der Waals surface area contributed by atoms with Gasteiger partial charge in [0.05, 0.1) is 11.0 Å². The van der Waals surface area contributed by atoms with Crippen molar-refractivity contribution in [1.82, 2.24) is 19.5 Å². The van der Waals surface area contributed by atoms with Crippen molar-refractivity contribution in [2.24, 2.45) is 0 Å². The van der Waals surface area contributed by atoms with E-state index in [4.69, 9.17) is 19.4 Å². The topological polar surface area (TPSA) is 56.7 Å². The summed E-state index contributed by atoms with van der Waals surface area (Å²) in [6.07, 6.45) is 0. The minimum atomic E-state index is 0.599. The number of hydrogen-bond acceptors (Lipinski definition) is 5. The third-order valence-electron chi connectivity index (χ3n) is 11.1. The predicted octanol–water partition coefficient (Wildman–Crippen LogP) is 13.9. The Balaban J connectivity index is 1.03. The van der Waals surface area contributed by atoms with Gasteiger partial charge < -0.3 is 8.98 Å². The molecule has 0 saturated carbocycles. The first-order valence-corrected chi connectivity index (χ1v) is 19.8. The molecule has 0 spiro atoms. The Hall–Kier alpha value is -7.41. The minimum absolute atomic E-state index is 0.599. The van der Waals surface area contributed by atoms with Gasteiger partial charge in [0.1, 0.15) is 11.2 Å². The van der Waals surface area contributed by atoms with Crippen molar-refractivity contribution in [1.29, 1.82) is 0 Å². The van der Waals surface area contributed by atoms with Crippen molar-refractivity contribution in [3.63, 3.8) is 0 Å². The summed E-state index contributed by atoms with van der Waals surface area (Å²) in [6.45, 7) is 0. The quantitative estimate of drug-likeness (QED) is 0.176. The van der Waals surface area contributed by atoms with E-state index in [9.17, 15) is 0 Å². The van der Waals surface area contributed by atoms with Crippen molar-refractivity contribution >= 4 is 75.3 Å². The average Bonchev–Trinajstić information content (AvgIpc) is 3.95. The molecule has 0 aliphatic heterocycles. The van der Waals surface area contributed by atoms with E-state index in [-0.39, 0.29) is 0 Å². The van der Waals surface area contributed by atoms with Gasteiger partial charge in [-0.15, -0.1) is 11.3 Å². The van der Waals surface area contributed by atoms with Gasteiger partial charge in [-0.05, 0) is 77.9 Å². The largest absolute Gasteiger partial charge is 0.456 e. The van der Waals surface area contributed by atoms with Gasteiger partial charge in [-0.3, -0.25) is 0 Å². The van der Waals surface area contributed by atoms with E-state index in [1.54, 1.807) is 11.3 Å². The molecule has 0 aliphatic rings. The van der Waals surface area contributed by atoms with E-state index in [0.717, 1.165) is 55.3 Å². The standard InChI is InChI=1S/C51H30N4OS/c1-3-12-31(13-4-1)49-52-50(34-22-25-38-37-17-8-10-20-44(37)56-45(38)30-34)54-51(53-49)39-18-11-21-47-48(39)41-29-33(24-27-46(41)57-47)32-23-26-43-40(28-32)36-16-7-9-19-42(36)55(43)35-14-5-2-6-15-35/h1-30H. The molecule has 0 unspecified atom stereocenters. The van der Waals surface area contributed by atoms with Gasteiger partial charge in [0.25, 0.3) is 0 Å². The molecule has 12 aromatic rings. The number of thiophene rings is 1. The van der Waals surface area contributed by atoms with Gasteiger partial charge in [0.15, 0.2) is 17.5 Å². The van der Waals surface area contributed by atoms with Crippen molar-refractivity contribution in [3.05, 3.63) is 182 Å². The maximum absolute atomic E-state index is 6.28. The normalized spacial score (nSPS) is 11.9. The lowest BCUT2D eigenvalue weighted by molar-refractivity contribution is 0.669. The van der Waals surface area contributed by atoms with Crippen LogP contribution in [0.1, 0.15) is 0 Å². The maximum atomic E-state index is 6.28. The van der Waals surface area contributed by atoms with Crippen LogP contribution in [0.2, 0.25) is 0 Å². The van der Waals surface area contributed by atoms with Gasteiger partial charge in [-0.25, -0.2) is 15.0 Å². The van der Waals surface area contributed by atoms with Crippen LogP contribution in [-0.2, 0) is 0 Å². The smallest absolute Gasteiger partial charge is 0.164 e. The second-order valence-electron chi connectivity index (χ2n) is 14.4. The monoisotopic (exact) mass is 746 g/mol. The zero-order chi connectivity index (χ0) is 37.5. The highest BCUT2D eigenvalue weighted by Crippen LogP contribution is 2.43. The zero-order valence-corrected chi connectivity index (χ0v) is 31.2. The molecule has 0 N–H and O–H groups in total. The Morgan fingerprint density at radius 1 is 0.386 bits per heavy atom. The van der Waals surface area contributed by atoms with E-state index in [0.29, 0.717) is 17.5 Å². The highest BCUT2D eigenvalue weighted by Gasteiger charge is 2.19. The van der Waals surface area contributed by atoms with Crippen molar-refractivity contribution < 1.29 is 4.42 Å². The third-order valence-corrected chi connectivity index (χ3v) is 12.2. The fourth-order valence-corrected chi connectivity index (χ4v) is 9.52. The summed E-state index contributed by atoms with van der Waals surface area (Å²) in [6, 6.07) is 63.9. The summed E-state index contributed by atoms with van der Waals surface area (Å²) < 4.78 is 11.0. The number of furan rings is 1.